The highest BCUT2D eigenvalue weighted by atomic mass is 19.4. The van der Waals surface area contributed by atoms with Crippen molar-refractivity contribution in [1.29, 1.82) is 5.41 Å². The van der Waals surface area contributed by atoms with Crippen molar-refractivity contribution in [2.45, 2.75) is 59.6 Å². The van der Waals surface area contributed by atoms with Crippen LogP contribution in [-0.4, -0.2) is 18.2 Å². The average molecular weight is 542 g/mol. The van der Waals surface area contributed by atoms with Crippen molar-refractivity contribution in [2.75, 3.05) is 6.61 Å². The number of halogens is 3. The third-order valence-corrected chi connectivity index (χ3v) is 6.01. The number of nitrogens with two attached hydrogens (primary N) is 1. The summed E-state index contributed by atoms with van der Waals surface area (Å²) in [7, 11) is 0. The summed E-state index contributed by atoms with van der Waals surface area (Å²) in [6.07, 6.45) is -0.485. The van der Waals surface area contributed by atoms with Gasteiger partial charge in [0.05, 0.1) is 23.7 Å². The van der Waals surface area contributed by atoms with E-state index in [1.165, 1.54) is 19.1 Å². The Labute approximate surface area is 229 Å². The number of nitrogens with zero attached hydrogens (tertiary/aromatic N) is 1. The van der Waals surface area contributed by atoms with Crippen LogP contribution in [0, 0.1) is 11.3 Å². The highest BCUT2D eigenvalue weighted by Crippen LogP contribution is 2.29. The minimum absolute atomic E-state index is 0.167. The van der Waals surface area contributed by atoms with E-state index in [4.69, 9.17) is 20.7 Å². The molecule has 39 heavy (non-hydrogen) atoms. The second-order valence-corrected chi connectivity index (χ2v) is 9.48. The molecule has 0 saturated heterocycles. The lowest BCUT2D eigenvalue weighted by molar-refractivity contribution is -0.137. The van der Waals surface area contributed by atoms with Crippen molar-refractivity contribution < 1.29 is 22.7 Å². The molecule has 3 rings (SSSR count). The third-order valence-electron chi connectivity index (χ3n) is 6.01. The van der Waals surface area contributed by atoms with Gasteiger partial charge in [0.1, 0.15) is 11.5 Å². The number of oxime groups is 1. The van der Waals surface area contributed by atoms with Gasteiger partial charge in [-0.05, 0) is 72.5 Å². The van der Waals surface area contributed by atoms with E-state index in [-0.39, 0.29) is 11.8 Å². The first-order chi connectivity index (χ1) is 18.4. The molecule has 0 fully saturated rings. The molecule has 0 heterocycles. The van der Waals surface area contributed by atoms with Gasteiger partial charge < -0.3 is 15.3 Å². The second-order valence-electron chi connectivity index (χ2n) is 9.48. The zero-order chi connectivity index (χ0) is 29.0. The summed E-state index contributed by atoms with van der Waals surface area (Å²) in [5, 5.41) is 12.6. The van der Waals surface area contributed by atoms with Gasteiger partial charge in [-0.1, -0.05) is 68.8 Å². The van der Waals surface area contributed by atoms with Gasteiger partial charge >= 0.3 is 6.18 Å². The minimum atomic E-state index is -4.32. The van der Waals surface area contributed by atoms with Crippen LogP contribution in [0.5, 0.6) is 5.75 Å². The number of fused-ring (bicyclic) bond motifs is 1. The van der Waals surface area contributed by atoms with Crippen LogP contribution in [0.15, 0.2) is 78.2 Å². The summed E-state index contributed by atoms with van der Waals surface area (Å²) in [6, 6.07) is 17.0. The predicted molar refractivity (Wildman–Crippen MR) is 153 cm³/mol. The van der Waals surface area contributed by atoms with Crippen LogP contribution in [0.3, 0.4) is 0 Å². The van der Waals surface area contributed by atoms with E-state index in [9.17, 15) is 13.2 Å². The Hall–Kier alpha value is -3.81. The van der Waals surface area contributed by atoms with Gasteiger partial charge in [0, 0.05) is 12.3 Å². The average Bonchev–Trinajstić information content (AvgIpc) is 2.89. The molecule has 0 aliphatic carbocycles. The molecule has 0 bridgehead atoms. The number of hydrogen-bond donors (Lipinski definition) is 2. The van der Waals surface area contributed by atoms with Gasteiger partial charge in [0.2, 0.25) is 0 Å². The van der Waals surface area contributed by atoms with E-state index in [0.717, 1.165) is 59.0 Å². The van der Waals surface area contributed by atoms with Crippen molar-refractivity contribution >= 4 is 22.3 Å². The van der Waals surface area contributed by atoms with Crippen LogP contribution in [0.1, 0.15) is 63.6 Å². The monoisotopic (exact) mass is 541 g/mol. The number of alkyl halides is 3. The Morgan fingerprint density at radius 3 is 2.26 bits per heavy atom. The highest BCUT2D eigenvalue weighted by Gasteiger charge is 2.29. The van der Waals surface area contributed by atoms with Gasteiger partial charge in [-0.2, -0.15) is 13.2 Å². The number of amidine groups is 1. The smallest absolute Gasteiger partial charge is 0.416 e. The van der Waals surface area contributed by atoms with E-state index in [2.05, 4.69) is 25.6 Å². The summed E-state index contributed by atoms with van der Waals surface area (Å²) in [5.41, 5.74) is 6.58. The molecule has 0 saturated carbocycles. The van der Waals surface area contributed by atoms with Gasteiger partial charge in [-0.25, -0.2) is 0 Å². The van der Waals surface area contributed by atoms with E-state index in [1.807, 2.05) is 43.3 Å². The maximum Gasteiger partial charge on any atom is 0.416 e. The number of benzene rings is 3. The van der Waals surface area contributed by atoms with E-state index in [0.29, 0.717) is 24.5 Å². The Kier molecular flexibility index (Phi) is 12.0. The van der Waals surface area contributed by atoms with Crippen molar-refractivity contribution in [3.05, 3.63) is 89.7 Å². The fraction of sp³-hybridized carbons (Fsp3) is 0.355. The maximum absolute atomic E-state index is 12.7. The number of unbranched alkanes of at least 4 members (excludes halogenated alkanes) is 1. The fourth-order valence-electron chi connectivity index (χ4n) is 3.63. The molecule has 3 aromatic rings. The summed E-state index contributed by atoms with van der Waals surface area (Å²) in [6.45, 7) is 12.1. The van der Waals surface area contributed by atoms with Crippen LogP contribution in [-0.2, 0) is 17.4 Å². The molecule has 1 atom stereocenters. The molecular weight excluding hydrogens is 503 g/mol. The summed E-state index contributed by atoms with van der Waals surface area (Å²) >= 11 is 0. The lowest BCUT2D eigenvalue weighted by Crippen LogP contribution is -2.05. The van der Waals surface area contributed by atoms with E-state index in [1.54, 1.807) is 0 Å². The molecule has 0 unspecified atom stereocenters. The quantitative estimate of drug-likeness (QED) is 0.111. The molecule has 210 valence electrons. The summed E-state index contributed by atoms with van der Waals surface area (Å²) in [4.78, 5) is 5.57. The molecule has 0 aliphatic rings. The maximum atomic E-state index is 12.7. The van der Waals surface area contributed by atoms with Crippen molar-refractivity contribution in [3.8, 4) is 5.75 Å². The van der Waals surface area contributed by atoms with Gasteiger partial charge in [-0.15, -0.1) is 0 Å². The van der Waals surface area contributed by atoms with Crippen LogP contribution < -0.4 is 10.5 Å². The van der Waals surface area contributed by atoms with Gasteiger partial charge in [0.25, 0.3) is 0 Å². The largest absolute Gasteiger partial charge is 0.493 e. The SMILES string of the molecule is C=C(O/N=C(\C)c1ccc2cc(OCCc3ccc(C(F)(F)F)cc3)ccc2c1)[C@@H](C)CCCC.CC(=N)N. The van der Waals surface area contributed by atoms with Crippen molar-refractivity contribution in [2.24, 2.45) is 16.8 Å². The van der Waals surface area contributed by atoms with Crippen LogP contribution >= 0.6 is 0 Å². The van der Waals surface area contributed by atoms with Crippen LogP contribution in [0.2, 0.25) is 0 Å². The zero-order valence-electron chi connectivity index (χ0n) is 23.1. The van der Waals surface area contributed by atoms with Gasteiger partial charge in [-0.3, -0.25) is 5.41 Å². The topological polar surface area (TPSA) is 80.7 Å². The molecule has 0 radical (unpaired) electrons. The normalized spacial score (nSPS) is 12.3. The van der Waals surface area contributed by atoms with Crippen LogP contribution in [0.4, 0.5) is 13.2 Å². The molecule has 3 N–H and O–H groups in total. The van der Waals surface area contributed by atoms with Gasteiger partial charge in [0.15, 0.2) is 0 Å². The third kappa shape index (κ3) is 10.8. The highest BCUT2D eigenvalue weighted by molar-refractivity contribution is 6.01. The van der Waals surface area contributed by atoms with E-state index >= 15 is 0 Å². The predicted octanol–water partition coefficient (Wildman–Crippen LogP) is 8.50. The minimum Gasteiger partial charge on any atom is -0.493 e. The fourth-order valence-corrected chi connectivity index (χ4v) is 3.63. The Balaban J connectivity index is 0.00000124. The molecule has 0 amide bonds. The summed E-state index contributed by atoms with van der Waals surface area (Å²) < 4.78 is 43.9. The summed E-state index contributed by atoms with van der Waals surface area (Å²) in [5.74, 6) is 1.82. The molecule has 8 heteroatoms. The zero-order valence-corrected chi connectivity index (χ0v) is 23.1. The Bertz CT molecular complexity index is 1260. The molecule has 5 nitrogen and oxygen atoms in total. The molecule has 0 spiro atoms. The number of allylic oxidation sites excluding steroid dienone is 1. The van der Waals surface area contributed by atoms with Crippen molar-refractivity contribution in [3.63, 3.8) is 0 Å². The molecule has 3 aromatic carbocycles. The number of ether oxygens (including phenoxy) is 1. The Morgan fingerprint density at radius 1 is 1.03 bits per heavy atom. The molecule has 0 aromatic heterocycles. The first kappa shape index (κ1) is 31.4. The Morgan fingerprint density at radius 2 is 1.64 bits per heavy atom. The first-order valence-corrected chi connectivity index (χ1v) is 12.9. The molecule has 0 aliphatic heterocycles. The van der Waals surface area contributed by atoms with Crippen molar-refractivity contribution in [1.82, 2.24) is 0 Å². The standard InChI is InChI=1S/C29H32F3NO2.C2H6N2/c1-5-6-7-20(2)22(4)35-33-21(3)24-10-11-26-19-28(15-12-25(26)18-24)34-17-16-23-8-13-27(14-9-23)29(30,31)32;1-2(3)4/h8-15,18-20H,4-7,16-17H2,1-3H3;1H3,(H3,3,4)/b33-21+;/t20-;/m0./s1. The number of rotatable bonds is 11. The first-order valence-electron chi connectivity index (χ1n) is 12.9. The molecular formula is C31H38F3N3O2. The van der Waals surface area contributed by atoms with Crippen LogP contribution in [0.25, 0.3) is 10.8 Å². The number of hydrogen-bond acceptors (Lipinski definition) is 4. The second kappa shape index (κ2) is 15.0. The number of nitrogens with one attached hydrogen (secondary N) is 1. The van der Waals surface area contributed by atoms with E-state index < -0.39 is 11.7 Å². The lowest BCUT2D eigenvalue weighted by atomic mass is 10.0. The lowest BCUT2D eigenvalue weighted by Gasteiger charge is -2.12.